The average Bonchev–Trinajstić information content (AvgIpc) is 2.54. The molecule has 0 aliphatic carbocycles. The molecule has 0 fully saturated rings. The molecule has 0 aliphatic rings. The Hall–Kier alpha value is -2.32. The quantitative estimate of drug-likeness (QED) is 0.603. The zero-order valence-electron chi connectivity index (χ0n) is 16.2. The molecular formula is C21H26O4Si. The third-order valence-electron chi connectivity index (χ3n) is 5.23. The van der Waals surface area contributed by atoms with E-state index in [0.717, 1.165) is 11.6 Å². The van der Waals surface area contributed by atoms with Gasteiger partial charge in [-0.3, -0.25) is 4.79 Å². The van der Waals surface area contributed by atoms with Gasteiger partial charge in [-0.2, -0.15) is 0 Å². The number of benzene rings is 1. The van der Waals surface area contributed by atoms with Crippen molar-refractivity contribution in [1.82, 2.24) is 0 Å². The normalized spacial score (nSPS) is 11.9. The van der Waals surface area contributed by atoms with Gasteiger partial charge >= 0.3 is 5.97 Å². The molecule has 0 aliphatic heterocycles. The van der Waals surface area contributed by atoms with Gasteiger partial charge in [0.2, 0.25) is 5.76 Å². The number of carboxylic acids is 1. The first-order valence-electron chi connectivity index (χ1n) is 8.94. The van der Waals surface area contributed by atoms with Crippen molar-refractivity contribution in [2.75, 3.05) is 0 Å². The summed E-state index contributed by atoms with van der Waals surface area (Å²) in [6.45, 7) is 13.5. The molecule has 1 N–H and O–H groups in total. The van der Waals surface area contributed by atoms with Gasteiger partial charge in [0.15, 0.2) is 5.43 Å². The van der Waals surface area contributed by atoms with E-state index in [1.807, 2.05) is 0 Å². The molecule has 0 saturated carbocycles. The van der Waals surface area contributed by atoms with Gasteiger partial charge in [-0.25, -0.2) is 4.79 Å². The summed E-state index contributed by atoms with van der Waals surface area (Å²) in [5.41, 5.74) is 5.86. The van der Waals surface area contributed by atoms with Crippen LogP contribution in [0.25, 0.3) is 11.0 Å². The Morgan fingerprint density at radius 1 is 1.04 bits per heavy atom. The topological polar surface area (TPSA) is 67.5 Å². The molecule has 0 atom stereocenters. The van der Waals surface area contributed by atoms with Crippen molar-refractivity contribution >= 4 is 25.0 Å². The first-order chi connectivity index (χ1) is 12.1. The molecule has 5 heteroatoms. The minimum absolute atomic E-state index is 0.264. The zero-order chi connectivity index (χ0) is 19.6. The van der Waals surface area contributed by atoms with Gasteiger partial charge in [-0.05, 0) is 34.8 Å². The highest BCUT2D eigenvalue weighted by atomic mass is 28.3. The summed E-state index contributed by atoms with van der Waals surface area (Å²) < 4.78 is 5.28. The summed E-state index contributed by atoms with van der Waals surface area (Å²) in [7, 11) is -1.86. The van der Waals surface area contributed by atoms with E-state index in [4.69, 9.17) is 9.52 Å². The molecule has 0 bridgehead atoms. The molecule has 2 aromatic rings. The van der Waals surface area contributed by atoms with Gasteiger partial charge in [0, 0.05) is 11.6 Å². The Labute approximate surface area is 155 Å². The van der Waals surface area contributed by atoms with Gasteiger partial charge in [-0.1, -0.05) is 47.5 Å². The molecule has 0 spiro atoms. The Morgan fingerprint density at radius 3 is 2.12 bits per heavy atom. The highest BCUT2D eigenvalue weighted by molar-refractivity contribution is 6.90. The number of fused-ring (bicyclic) bond motifs is 1. The SMILES string of the molecule is CC(C)[Si](C#Cc1ccc2oc(C(=O)O)cc(=O)c2c1)(C(C)C)C(C)C. The molecule has 1 aromatic heterocycles. The monoisotopic (exact) mass is 370 g/mol. The maximum absolute atomic E-state index is 12.2. The van der Waals surface area contributed by atoms with E-state index in [2.05, 4.69) is 53.0 Å². The van der Waals surface area contributed by atoms with E-state index in [1.54, 1.807) is 18.2 Å². The second kappa shape index (κ2) is 7.51. The van der Waals surface area contributed by atoms with Crippen molar-refractivity contribution in [2.24, 2.45) is 0 Å². The molecule has 0 radical (unpaired) electrons. The second-order valence-electron chi connectivity index (χ2n) is 7.64. The summed E-state index contributed by atoms with van der Waals surface area (Å²) in [6, 6.07) is 6.11. The van der Waals surface area contributed by atoms with E-state index >= 15 is 0 Å². The van der Waals surface area contributed by atoms with E-state index in [1.165, 1.54) is 0 Å². The van der Waals surface area contributed by atoms with Crippen LogP contribution in [-0.2, 0) is 0 Å². The number of rotatable bonds is 4. The molecule has 1 heterocycles. The lowest BCUT2D eigenvalue weighted by molar-refractivity contribution is 0.0663. The molecular weight excluding hydrogens is 344 g/mol. The van der Waals surface area contributed by atoms with E-state index in [0.29, 0.717) is 22.0 Å². The lowest BCUT2D eigenvalue weighted by Gasteiger charge is -2.38. The number of hydrogen-bond acceptors (Lipinski definition) is 3. The fourth-order valence-electron chi connectivity index (χ4n) is 3.95. The van der Waals surface area contributed by atoms with Crippen molar-refractivity contribution < 1.29 is 14.3 Å². The minimum atomic E-state index is -1.86. The van der Waals surface area contributed by atoms with Crippen molar-refractivity contribution in [3.05, 3.63) is 45.8 Å². The van der Waals surface area contributed by atoms with Gasteiger partial charge in [0.25, 0.3) is 0 Å². The summed E-state index contributed by atoms with van der Waals surface area (Å²) in [5.74, 6) is 1.69. The van der Waals surface area contributed by atoms with Gasteiger partial charge in [-0.15, -0.1) is 5.54 Å². The zero-order valence-corrected chi connectivity index (χ0v) is 17.2. The molecule has 138 valence electrons. The van der Waals surface area contributed by atoms with E-state index in [-0.39, 0.29) is 16.8 Å². The molecule has 2 rings (SSSR count). The Balaban J connectivity index is 2.58. The first-order valence-corrected chi connectivity index (χ1v) is 11.2. The van der Waals surface area contributed by atoms with Crippen LogP contribution in [0.15, 0.2) is 33.5 Å². The van der Waals surface area contributed by atoms with Crippen LogP contribution in [0.3, 0.4) is 0 Å². The molecule has 0 unspecified atom stereocenters. The average molecular weight is 371 g/mol. The van der Waals surface area contributed by atoms with Crippen LogP contribution >= 0.6 is 0 Å². The second-order valence-corrected chi connectivity index (χ2v) is 13.2. The largest absolute Gasteiger partial charge is 0.475 e. The van der Waals surface area contributed by atoms with Crippen LogP contribution in [0, 0.1) is 11.5 Å². The third-order valence-corrected chi connectivity index (χ3v) is 11.5. The molecule has 1 aromatic carbocycles. The van der Waals surface area contributed by atoms with Crippen molar-refractivity contribution in [3.8, 4) is 11.5 Å². The van der Waals surface area contributed by atoms with Gasteiger partial charge in [0.05, 0.1) is 5.39 Å². The van der Waals surface area contributed by atoms with E-state index in [9.17, 15) is 9.59 Å². The molecule has 26 heavy (non-hydrogen) atoms. The Bertz CT molecular complexity index is 920. The van der Waals surface area contributed by atoms with E-state index < -0.39 is 14.0 Å². The Kier molecular flexibility index (Phi) is 5.77. The van der Waals surface area contributed by atoms with Crippen molar-refractivity contribution in [3.63, 3.8) is 0 Å². The smallest absolute Gasteiger partial charge is 0.371 e. The van der Waals surface area contributed by atoms with Gasteiger partial charge < -0.3 is 9.52 Å². The van der Waals surface area contributed by atoms with Crippen LogP contribution in [-0.4, -0.2) is 19.1 Å². The predicted molar refractivity (Wildman–Crippen MR) is 107 cm³/mol. The summed E-state index contributed by atoms with van der Waals surface area (Å²) >= 11 is 0. The number of carboxylic acid groups (broad SMARTS) is 1. The Morgan fingerprint density at radius 2 is 1.62 bits per heavy atom. The number of aromatic carboxylic acids is 1. The summed E-state index contributed by atoms with van der Waals surface area (Å²) in [5, 5.41) is 9.36. The predicted octanol–water partition coefficient (Wildman–Crippen LogP) is 5.06. The van der Waals surface area contributed by atoms with Crippen LogP contribution in [0.4, 0.5) is 0 Å². The maximum atomic E-state index is 12.2. The van der Waals surface area contributed by atoms with Crippen LogP contribution < -0.4 is 5.43 Å². The first kappa shape index (κ1) is 20.0. The van der Waals surface area contributed by atoms with Crippen molar-refractivity contribution in [2.45, 2.75) is 58.2 Å². The van der Waals surface area contributed by atoms with Crippen LogP contribution in [0.2, 0.25) is 16.6 Å². The number of hydrogen-bond donors (Lipinski definition) is 1. The third kappa shape index (κ3) is 3.61. The van der Waals surface area contributed by atoms with Gasteiger partial charge in [0.1, 0.15) is 13.7 Å². The lowest BCUT2D eigenvalue weighted by atomic mass is 10.1. The fourth-order valence-corrected chi connectivity index (χ4v) is 9.18. The van der Waals surface area contributed by atoms with Crippen LogP contribution in [0.5, 0.6) is 0 Å². The van der Waals surface area contributed by atoms with Crippen LogP contribution in [0.1, 0.15) is 57.7 Å². The fraction of sp³-hybridized carbons (Fsp3) is 0.429. The van der Waals surface area contributed by atoms with Crippen molar-refractivity contribution in [1.29, 1.82) is 0 Å². The highest BCUT2D eigenvalue weighted by Crippen LogP contribution is 2.40. The molecule has 0 amide bonds. The lowest BCUT2D eigenvalue weighted by Crippen LogP contribution is -2.43. The highest BCUT2D eigenvalue weighted by Gasteiger charge is 2.41. The number of carbonyl (C=O) groups is 1. The molecule has 4 nitrogen and oxygen atoms in total. The minimum Gasteiger partial charge on any atom is -0.475 e. The molecule has 0 saturated heterocycles. The summed E-state index contributed by atoms with van der Waals surface area (Å²) in [6.07, 6.45) is 0. The standard InChI is InChI=1S/C21H26O4Si/c1-13(2)26(14(3)4,15(5)6)10-9-16-7-8-19-17(11-16)18(22)12-20(25-19)21(23)24/h7-8,11-15H,1-6H3,(H,23,24). The summed E-state index contributed by atoms with van der Waals surface area (Å²) in [4.78, 5) is 23.2. The maximum Gasteiger partial charge on any atom is 0.371 e.